The van der Waals surface area contributed by atoms with E-state index in [4.69, 9.17) is 9.47 Å². The summed E-state index contributed by atoms with van der Waals surface area (Å²) in [6.07, 6.45) is 3.69. The Labute approximate surface area is 179 Å². The second kappa shape index (κ2) is 10.1. The first kappa shape index (κ1) is 21.6. The Morgan fingerprint density at radius 3 is 2.90 bits per heavy atom. The van der Waals surface area contributed by atoms with Crippen molar-refractivity contribution in [3.63, 3.8) is 0 Å². The molecule has 0 saturated carbocycles. The first-order valence-corrected chi connectivity index (χ1v) is 10.4. The second-order valence-electron chi connectivity index (χ2n) is 6.61. The predicted octanol–water partition coefficient (Wildman–Crippen LogP) is 3.20. The number of hydrogen-bond acceptors (Lipinski definition) is 6. The summed E-state index contributed by atoms with van der Waals surface area (Å²) in [5, 5.41) is 12.9. The summed E-state index contributed by atoms with van der Waals surface area (Å²) in [5.41, 5.74) is 2.18. The third-order valence-corrected chi connectivity index (χ3v) is 5.79. The molecule has 2 heterocycles. The van der Waals surface area contributed by atoms with Crippen molar-refractivity contribution in [3.8, 4) is 11.8 Å². The Kier molecular flexibility index (Phi) is 7.22. The van der Waals surface area contributed by atoms with Crippen LogP contribution < -0.4 is 10.1 Å². The van der Waals surface area contributed by atoms with Crippen LogP contribution in [0.5, 0.6) is 5.75 Å². The highest BCUT2D eigenvalue weighted by molar-refractivity contribution is 7.16. The molecule has 1 aromatic heterocycles. The fraction of sp³-hybridized carbons (Fsp3) is 0.318. The van der Waals surface area contributed by atoms with Crippen LogP contribution in [0.15, 0.2) is 30.3 Å². The number of ether oxygens (including phenoxy) is 2. The Morgan fingerprint density at radius 2 is 2.17 bits per heavy atom. The smallest absolute Gasteiger partial charge is 0.249 e. The topological polar surface area (TPSA) is 91.7 Å². The number of nitrogens with zero attached hydrogens (tertiary/aromatic N) is 2. The number of benzene rings is 1. The molecule has 0 fully saturated rings. The molecule has 3 rings (SSSR count). The third kappa shape index (κ3) is 4.87. The standard InChI is InChI=1S/C22H23N3O4S/c1-3-29-18-7-5-4-6-15(18)8-9-20(26)24-22-17(12-23)16-10-11-25(13-19(16)30-22)21(27)14-28-2/h4-9H,3,10-11,13-14H2,1-2H3,(H,24,26)/b9-8+. The second-order valence-corrected chi connectivity index (χ2v) is 7.72. The first-order chi connectivity index (χ1) is 14.6. The summed E-state index contributed by atoms with van der Waals surface area (Å²) in [6, 6.07) is 9.66. The zero-order valence-electron chi connectivity index (χ0n) is 16.9. The Bertz CT molecular complexity index is 1010. The minimum Gasteiger partial charge on any atom is -0.493 e. The third-order valence-electron chi connectivity index (χ3n) is 4.66. The summed E-state index contributed by atoms with van der Waals surface area (Å²) in [6.45, 7) is 3.42. The van der Waals surface area contributed by atoms with Crippen LogP contribution in [0, 0.1) is 11.3 Å². The van der Waals surface area contributed by atoms with Crippen LogP contribution in [0.2, 0.25) is 0 Å². The van der Waals surface area contributed by atoms with E-state index in [9.17, 15) is 14.9 Å². The van der Waals surface area contributed by atoms with Gasteiger partial charge >= 0.3 is 0 Å². The van der Waals surface area contributed by atoms with Crippen molar-refractivity contribution < 1.29 is 19.1 Å². The fourth-order valence-corrected chi connectivity index (χ4v) is 4.48. The lowest BCUT2D eigenvalue weighted by molar-refractivity contribution is -0.136. The van der Waals surface area contributed by atoms with Crippen LogP contribution in [0.3, 0.4) is 0 Å². The van der Waals surface area contributed by atoms with E-state index in [1.165, 1.54) is 24.5 Å². The number of hydrogen-bond donors (Lipinski definition) is 1. The molecular weight excluding hydrogens is 402 g/mol. The molecule has 0 aliphatic carbocycles. The monoisotopic (exact) mass is 425 g/mol. The average Bonchev–Trinajstić information content (AvgIpc) is 3.09. The van der Waals surface area contributed by atoms with Gasteiger partial charge in [0.15, 0.2) is 0 Å². The molecule has 156 valence electrons. The molecule has 0 unspecified atom stereocenters. The minimum absolute atomic E-state index is 0.0312. The molecule has 0 radical (unpaired) electrons. The van der Waals surface area contributed by atoms with Crippen molar-refractivity contribution in [2.45, 2.75) is 19.9 Å². The predicted molar refractivity (Wildman–Crippen MR) is 115 cm³/mol. The Balaban J connectivity index is 1.74. The largest absolute Gasteiger partial charge is 0.493 e. The molecule has 0 spiro atoms. The molecule has 1 aliphatic heterocycles. The lowest BCUT2D eigenvalue weighted by atomic mass is 10.0. The van der Waals surface area contributed by atoms with E-state index in [1.807, 2.05) is 31.2 Å². The number of nitriles is 1. The van der Waals surface area contributed by atoms with E-state index in [1.54, 1.807) is 11.0 Å². The normalized spacial score (nSPS) is 13.0. The van der Waals surface area contributed by atoms with Gasteiger partial charge in [-0.3, -0.25) is 9.59 Å². The number of fused-ring (bicyclic) bond motifs is 1. The first-order valence-electron chi connectivity index (χ1n) is 9.59. The van der Waals surface area contributed by atoms with Gasteiger partial charge in [0.1, 0.15) is 23.4 Å². The highest BCUT2D eigenvalue weighted by Crippen LogP contribution is 2.36. The zero-order chi connectivity index (χ0) is 21.5. The molecule has 0 saturated heterocycles. The van der Waals surface area contributed by atoms with E-state index in [0.29, 0.717) is 42.4 Å². The number of nitrogens with one attached hydrogen (secondary N) is 1. The number of rotatable bonds is 7. The lowest BCUT2D eigenvalue weighted by Crippen LogP contribution is -2.37. The fourth-order valence-electron chi connectivity index (χ4n) is 3.26. The van der Waals surface area contributed by atoms with Crippen LogP contribution >= 0.6 is 11.3 Å². The van der Waals surface area contributed by atoms with Gasteiger partial charge in [0.05, 0.1) is 18.7 Å². The highest BCUT2D eigenvalue weighted by atomic mass is 32.1. The number of carbonyl (C=O) groups excluding carboxylic acids is 2. The van der Waals surface area contributed by atoms with E-state index in [-0.39, 0.29) is 18.4 Å². The highest BCUT2D eigenvalue weighted by Gasteiger charge is 2.27. The van der Waals surface area contributed by atoms with Crippen LogP contribution in [0.1, 0.15) is 28.5 Å². The molecule has 1 aliphatic rings. The summed E-state index contributed by atoms with van der Waals surface area (Å²) in [4.78, 5) is 27.2. The number of carbonyl (C=O) groups is 2. The van der Waals surface area contributed by atoms with Gasteiger partial charge < -0.3 is 19.7 Å². The summed E-state index contributed by atoms with van der Waals surface area (Å²) in [5.74, 6) is 0.287. The molecule has 8 heteroatoms. The van der Waals surface area contributed by atoms with Gasteiger partial charge in [-0.2, -0.15) is 5.26 Å². The number of amides is 2. The summed E-state index contributed by atoms with van der Waals surface area (Å²) in [7, 11) is 1.49. The van der Waals surface area contributed by atoms with Crippen molar-refractivity contribution in [1.82, 2.24) is 4.90 Å². The van der Waals surface area contributed by atoms with Crippen LogP contribution in [0.4, 0.5) is 5.00 Å². The lowest BCUT2D eigenvalue weighted by Gasteiger charge is -2.26. The number of thiophene rings is 1. The zero-order valence-corrected chi connectivity index (χ0v) is 17.8. The number of methoxy groups -OCH3 is 1. The van der Waals surface area contributed by atoms with Crippen molar-refractivity contribution in [2.75, 3.05) is 32.2 Å². The maximum atomic E-state index is 12.5. The van der Waals surface area contributed by atoms with Crippen LogP contribution in [-0.2, 0) is 27.3 Å². The molecule has 2 amide bonds. The summed E-state index contributed by atoms with van der Waals surface area (Å²) >= 11 is 1.34. The van der Waals surface area contributed by atoms with Gasteiger partial charge in [-0.05, 0) is 31.1 Å². The maximum Gasteiger partial charge on any atom is 0.249 e. The molecule has 0 bridgehead atoms. The van der Waals surface area contributed by atoms with E-state index in [2.05, 4.69) is 11.4 Å². The van der Waals surface area contributed by atoms with Crippen molar-refractivity contribution >= 4 is 34.2 Å². The van der Waals surface area contributed by atoms with E-state index < -0.39 is 0 Å². The van der Waals surface area contributed by atoms with Crippen LogP contribution in [-0.4, -0.2) is 43.6 Å². The summed E-state index contributed by atoms with van der Waals surface area (Å²) < 4.78 is 10.5. The Morgan fingerprint density at radius 1 is 1.37 bits per heavy atom. The van der Waals surface area contributed by atoms with E-state index >= 15 is 0 Å². The van der Waals surface area contributed by atoms with Crippen molar-refractivity contribution in [1.29, 1.82) is 5.26 Å². The van der Waals surface area contributed by atoms with Crippen molar-refractivity contribution in [3.05, 3.63) is 51.9 Å². The van der Waals surface area contributed by atoms with Crippen LogP contribution in [0.25, 0.3) is 6.08 Å². The molecule has 0 atom stereocenters. The maximum absolute atomic E-state index is 12.5. The van der Waals surface area contributed by atoms with Gasteiger partial charge in [0, 0.05) is 30.2 Å². The SMILES string of the molecule is CCOc1ccccc1/C=C/C(=O)Nc1sc2c(c1C#N)CCN(C(=O)COC)C2. The Hall–Kier alpha value is -3.15. The number of para-hydroxylation sites is 1. The van der Waals surface area contributed by atoms with E-state index in [0.717, 1.165) is 16.0 Å². The number of anilines is 1. The molecule has 30 heavy (non-hydrogen) atoms. The van der Waals surface area contributed by atoms with Gasteiger partial charge in [0.2, 0.25) is 11.8 Å². The molecule has 1 N–H and O–H groups in total. The molecular formula is C22H23N3O4S. The van der Waals surface area contributed by atoms with Crippen molar-refractivity contribution in [2.24, 2.45) is 0 Å². The molecule has 1 aromatic carbocycles. The molecule has 2 aromatic rings. The van der Waals surface area contributed by atoms with Gasteiger partial charge in [0.25, 0.3) is 0 Å². The molecule has 7 nitrogen and oxygen atoms in total. The quantitative estimate of drug-likeness (QED) is 0.688. The van der Waals surface area contributed by atoms with Gasteiger partial charge in [-0.1, -0.05) is 18.2 Å². The minimum atomic E-state index is -0.330. The average molecular weight is 426 g/mol. The van der Waals surface area contributed by atoms with Gasteiger partial charge in [-0.15, -0.1) is 11.3 Å². The van der Waals surface area contributed by atoms with Gasteiger partial charge in [-0.25, -0.2) is 0 Å².